The molecule has 0 saturated carbocycles. The third kappa shape index (κ3) is 3.47. The average molecular weight is 251 g/mol. The lowest BCUT2D eigenvalue weighted by Gasteiger charge is -2.33. The molecule has 3 heteroatoms. The second-order valence-electron chi connectivity index (χ2n) is 5.17. The molecule has 0 spiro atoms. The quantitative estimate of drug-likeness (QED) is 0.843. The van der Waals surface area contributed by atoms with E-state index in [1.807, 2.05) is 13.1 Å². The maximum atomic E-state index is 5.56. The summed E-state index contributed by atoms with van der Waals surface area (Å²) >= 11 is 0. The Labute approximate surface area is 110 Å². The summed E-state index contributed by atoms with van der Waals surface area (Å²) in [5.41, 5.74) is 2.24. The van der Waals surface area contributed by atoms with Crippen molar-refractivity contribution in [1.82, 2.24) is 5.32 Å². The van der Waals surface area contributed by atoms with Gasteiger partial charge in [-0.1, -0.05) is 17.7 Å². The van der Waals surface area contributed by atoms with Crippen LogP contribution < -0.4 is 10.1 Å². The van der Waals surface area contributed by atoms with Gasteiger partial charge in [-0.3, -0.25) is 0 Å². The van der Waals surface area contributed by atoms with Crippen LogP contribution in [0, 0.1) is 6.92 Å². The van der Waals surface area contributed by atoms with Crippen molar-refractivity contribution in [2.24, 2.45) is 0 Å². The Hall–Kier alpha value is -1.06. The Balaban J connectivity index is 2.97. The highest BCUT2D eigenvalue weighted by atomic mass is 16.5. The molecule has 0 bridgehead atoms. The van der Waals surface area contributed by atoms with Crippen LogP contribution in [0.15, 0.2) is 18.2 Å². The van der Waals surface area contributed by atoms with Crippen LogP contribution in [0.5, 0.6) is 5.75 Å². The number of likely N-dealkylation sites (N-methyl/N-ethyl adjacent to an activating group) is 1. The molecule has 0 heterocycles. The summed E-state index contributed by atoms with van der Waals surface area (Å²) in [6.07, 6.45) is 0.877. The first-order valence-corrected chi connectivity index (χ1v) is 6.30. The zero-order valence-corrected chi connectivity index (χ0v) is 12.3. The van der Waals surface area contributed by atoms with Crippen LogP contribution in [0.25, 0.3) is 0 Å². The van der Waals surface area contributed by atoms with Crippen molar-refractivity contribution in [2.75, 3.05) is 21.3 Å². The number of hydrogen-bond acceptors (Lipinski definition) is 3. The maximum absolute atomic E-state index is 5.56. The molecule has 3 nitrogen and oxygen atoms in total. The Morgan fingerprint density at radius 1 is 1.28 bits per heavy atom. The maximum Gasteiger partial charge on any atom is 0.122 e. The number of ether oxygens (including phenoxy) is 2. The smallest absolute Gasteiger partial charge is 0.122 e. The van der Waals surface area contributed by atoms with Gasteiger partial charge in [0.15, 0.2) is 0 Å². The molecule has 1 aromatic carbocycles. The van der Waals surface area contributed by atoms with Gasteiger partial charge in [-0.25, -0.2) is 0 Å². The average Bonchev–Trinajstić information content (AvgIpc) is 2.35. The summed E-state index contributed by atoms with van der Waals surface area (Å²) in [5, 5.41) is 3.33. The monoisotopic (exact) mass is 251 g/mol. The second-order valence-corrected chi connectivity index (χ2v) is 5.17. The molecule has 1 rings (SSSR count). The number of aryl methyl sites for hydroxylation is 1. The first-order chi connectivity index (χ1) is 8.44. The summed E-state index contributed by atoms with van der Waals surface area (Å²) < 4.78 is 11.0. The van der Waals surface area contributed by atoms with Crippen molar-refractivity contribution in [3.63, 3.8) is 0 Å². The Bertz CT molecular complexity index is 388. The summed E-state index contributed by atoms with van der Waals surface area (Å²) in [7, 11) is 5.43. The molecule has 0 radical (unpaired) electrons. The number of methoxy groups -OCH3 is 2. The van der Waals surface area contributed by atoms with E-state index in [9.17, 15) is 0 Å². The highest BCUT2D eigenvalue weighted by Crippen LogP contribution is 2.25. The van der Waals surface area contributed by atoms with Crippen LogP contribution in [0.1, 0.15) is 25.0 Å². The molecule has 1 unspecified atom stereocenters. The normalized spacial score (nSPS) is 13.4. The van der Waals surface area contributed by atoms with E-state index in [1.165, 1.54) is 11.1 Å². The molecule has 1 N–H and O–H groups in total. The van der Waals surface area contributed by atoms with E-state index in [0.29, 0.717) is 0 Å². The van der Waals surface area contributed by atoms with Crippen LogP contribution in [0.3, 0.4) is 0 Å². The standard InChI is InChI=1S/C15H25NO2/c1-11-7-8-13(17-5)12(9-11)10-14(16-4)15(2,3)18-6/h7-9,14,16H,10H2,1-6H3. The minimum atomic E-state index is -0.219. The molecule has 18 heavy (non-hydrogen) atoms. The van der Waals surface area contributed by atoms with Crippen LogP contribution in [-0.4, -0.2) is 32.9 Å². The van der Waals surface area contributed by atoms with Gasteiger partial charge in [-0.05, 0) is 45.9 Å². The Morgan fingerprint density at radius 3 is 2.44 bits per heavy atom. The fourth-order valence-electron chi connectivity index (χ4n) is 2.12. The van der Waals surface area contributed by atoms with E-state index in [0.717, 1.165) is 12.2 Å². The van der Waals surface area contributed by atoms with Gasteiger partial charge in [0.25, 0.3) is 0 Å². The second kappa shape index (κ2) is 6.21. The molecule has 0 aliphatic rings. The van der Waals surface area contributed by atoms with Crippen LogP contribution in [-0.2, 0) is 11.2 Å². The van der Waals surface area contributed by atoms with E-state index in [1.54, 1.807) is 14.2 Å². The van der Waals surface area contributed by atoms with Crippen molar-refractivity contribution in [2.45, 2.75) is 38.8 Å². The first kappa shape index (κ1) is 15.0. The van der Waals surface area contributed by atoms with Gasteiger partial charge in [0, 0.05) is 13.2 Å². The third-order valence-corrected chi connectivity index (χ3v) is 3.57. The lowest BCUT2D eigenvalue weighted by Crippen LogP contribution is -2.48. The molecule has 0 aliphatic carbocycles. The minimum absolute atomic E-state index is 0.219. The molecule has 0 aromatic heterocycles. The van der Waals surface area contributed by atoms with Crippen molar-refractivity contribution in [3.05, 3.63) is 29.3 Å². The Kier molecular flexibility index (Phi) is 5.17. The van der Waals surface area contributed by atoms with Gasteiger partial charge in [-0.2, -0.15) is 0 Å². The molecule has 1 atom stereocenters. The number of hydrogen-bond donors (Lipinski definition) is 1. The van der Waals surface area contributed by atoms with Gasteiger partial charge in [-0.15, -0.1) is 0 Å². The summed E-state index contributed by atoms with van der Waals surface area (Å²) in [6.45, 7) is 6.28. The molecule has 102 valence electrons. The fraction of sp³-hybridized carbons (Fsp3) is 0.600. The third-order valence-electron chi connectivity index (χ3n) is 3.57. The summed E-state index contributed by atoms with van der Waals surface area (Å²) in [5.74, 6) is 0.938. The Morgan fingerprint density at radius 2 is 1.94 bits per heavy atom. The highest BCUT2D eigenvalue weighted by molar-refractivity contribution is 5.37. The largest absolute Gasteiger partial charge is 0.496 e. The van der Waals surface area contributed by atoms with E-state index in [2.05, 4.69) is 38.2 Å². The van der Waals surface area contributed by atoms with Crippen LogP contribution >= 0.6 is 0 Å². The summed E-state index contributed by atoms with van der Waals surface area (Å²) in [4.78, 5) is 0. The predicted molar refractivity (Wildman–Crippen MR) is 75.4 cm³/mol. The fourth-order valence-corrected chi connectivity index (χ4v) is 2.12. The van der Waals surface area contributed by atoms with E-state index in [-0.39, 0.29) is 11.6 Å². The molecule has 0 saturated heterocycles. The number of rotatable bonds is 6. The van der Waals surface area contributed by atoms with Crippen molar-refractivity contribution in [3.8, 4) is 5.75 Å². The zero-order valence-electron chi connectivity index (χ0n) is 12.3. The van der Waals surface area contributed by atoms with Gasteiger partial charge in [0.1, 0.15) is 5.75 Å². The molecular formula is C15H25NO2. The molecular weight excluding hydrogens is 226 g/mol. The van der Waals surface area contributed by atoms with Gasteiger partial charge in [0.2, 0.25) is 0 Å². The van der Waals surface area contributed by atoms with Gasteiger partial charge in [0.05, 0.1) is 12.7 Å². The molecule has 1 aromatic rings. The van der Waals surface area contributed by atoms with Gasteiger partial charge >= 0.3 is 0 Å². The van der Waals surface area contributed by atoms with E-state index < -0.39 is 0 Å². The van der Waals surface area contributed by atoms with E-state index >= 15 is 0 Å². The first-order valence-electron chi connectivity index (χ1n) is 6.30. The molecule has 0 amide bonds. The van der Waals surface area contributed by atoms with Crippen molar-refractivity contribution in [1.29, 1.82) is 0 Å². The predicted octanol–water partition coefficient (Wildman–Crippen LogP) is 2.56. The van der Waals surface area contributed by atoms with Crippen molar-refractivity contribution >= 4 is 0 Å². The zero-order chi connectivity index (χ0) is 13.8. The number of benzene rings is 1. The molecule has 0 fully saturated rings. The number of nitrogens with one attached hydrogen (secondary N) is 1. The van der Waals surface area contributed by atoms with Crippen LogP contribution in [0.4, 0.5) is 0 Å². The molecule has 0 aliphatic heterocycles. The topological polar surface area (TPSA) is 30.5 Å². The minimum Gasteiger partial charge on any atom is -0.496 e. The van der Waals surface area contributed by atoms with Crippen LogP contribution in [0.2, 0.25) is 0 Å². The lowest BCUT2D eigenvalue weighted by molar-refractivity contribution is -0.00808. The van der Waals surface area contributed by atoms with Gasteiger partial charge < -0.3 is 14.8 Å². The SMILES string of the molecule is CNC(Cc1cc(C)ccc1OC)C(C)(C)OC. The lowest BCUT2D eigenvalue weighted by atomic mass is 9.91. The summed E-state index contributed by atoms with van der Waals surface area (Å²) in [6, 6.07) is 6.50. The van der Waals surface area contributed by atoms with E-state index in [4.69, 9.17) is 9.47 Å². The van der Waals surface area contributed by atoms with Crippen molar-refractivity contribution < 1.29 is 9.47 Å². The highest BCUT2D eigenvalue weighted by Gasteiger charge is 2.28.